The van der Waals surface area contributed by atoms with Crippen molar-refractivity contribution in [3.8, 4) is 0 Å². The SMILES string of the molecule is C[C@@H]1C[C@H](CC(C)(C)O)O[C@H]2C1[C@@]1(C)CC[C@@]34C[C@@]35CC[C@H](O[C@H]3CN(C6COC6)CCO3)C(C)(C)[C@@H]5CC[C@H]4[C@]1(C)[C@H]2O. The highest BCUT2D eigenvalue weighted by Gasteiger charge is 2.84. The molecule has 13 atom stereocenters. The van der Waals surface area contributed by atoms with E-state index in [-0.39, 0.29) is 40.8 Å². The van der Waals surface area contributed by atoms with Crippen LogP contribution < -0.4 is 0 Å². The van der Waals surface area contributed by atoms with Crippen LogP contribution in [0.4, 0.5) is 0 Å². The summed E-state index contributed by atoms with van der Waals surface area (Å²) < 4.78 is 25.4. The van der Waals surface area contributed by atoms with Crippen molar-refractivity contribution in [3.05, 3.63) is 0 Å². The van der Waals surface area contributed by atoms with Gasteiger partial charge >= 0.3 is 0 Å². The number of aliphatic hydroxyl groups excluding tert-OH is 1. The molecule has 0 amide bonds. The van der Waals surface area contributed by atoms with E-state index in [4.69, 9.17) is 18.9 Å². The van der Waals surface area contributed by atoms with Crippen LogP contribution in [0.5, 0.6) is 0 Å². The highest BCUT2D eigenvalue weighted by atomic mass is 16.7. The normalized spacial score (nSPS) is 55.2. The Kier molecular flexibility index (Phi) is 6.97. The van der Waals surface area contributed by atoms with E-state index in [0.29, 0.717) is 47.0 Å². The summed E-state index contributed by atoms with van der Waals surface area (Å²) in [5.74, 6) is 2.07. The summed E-state index contributed by atoms with van der Waals surface area (Å²) in [6, 6.07) is 0.531. The van der Waals surface area contributed by atoms with Crippen molar-refractivity contribution in [2.45, 2.75) is 149 Å². The molecule has 8 aliphatic rings. The summed E-state index contributed by atoms with van der Waals surface area (Å²) in [6.45, 7) is 20.5. The summed E-state index contributed by atoms with van der Waals surface area (Å²) in [4.78, 5) is 2.51. The molecule has 7 nitrogen and oxygen atoms in total. The molecule has 3 saturated heterocycles. The van der Waals surface area contributed by atoms with E-state index < -0.39 is 11.7 Å². The van der Waals surface area contributed by atoms with Gasteiger partial charge in [-0.15, -0.1) is 0 Å². The van der Waals surface area contributed by atoms with Gasteiger partial charge in [-0.3, -0.25) is 4.90 Å². The molecular weight excluding hydrogens is 554 g/mol. The molecule has 0 aromatic rings. The van der Waals surface area contributed by atoms with Gasteiger partial charge in [0.25, 0.3) is 0 Å². The van der Waals surface area contributed by atoms with Gasteiger partial charge in [0.05, 0.1) is 62.4 Å². The molecule has 3 heterocycles. The molecule has 0 aromatic heterocycles. The zero-order valence-electron chi connectivity index (χ0n) is 28.6. The van der Waals surface area contributed by atoms with Crippen molar-refractivity contribution < 1.29 is 29.2 Å². The van der Waals surface area contributed by atoms with Crippen LogP contribution >= 0.6 is 0 Å². The van der Waals surface area contributed by atoms with Gasteiger partial charge in [0.15, 0.2) is 6.29 Å². The van der Waals surface area contributed by atoms with Gasteiger partial charge in [0, 0.05) is 18.4 Å². The van der Waals surface area contributed by atoms with E-state index in [9.17, 15) is 10.2 Å². The number of hydrogen-bond donors (Lipinski definition) is 2. The highest BCUT2D eigenvalue weighted by Crippen LogP contribution is 2.89. The third-order valence-electron chi connectivity index (χ3n) is 16.1. The molecule has 5 aliphatic carbocycles. The van der Waals surface area contributed by atoms with Crippen LogP contribution in [0.15, 0.2) is 0 Å². The molecule has 0 bridgehead atoms. The Morgan fingerprint density at radius 2 is 1.70 bits per heavy atom. The van der Waals surface area contributed by atoms with Gasteiger partial charge in [-0.1, -0.05) is 34.6 Å². The molecular formula is C37H61NO6. The number of morpholine rings is 1. The van der Waals surface area contributed by atoms with Gasteiger partial charge in [-0.2, -0.15) is 0 Å². The highest BCUT2D eigenvalue weighted by molar-refractivity contribution is 5.32. The summed E-state index contributed by atoms with van der Waals surface area (Å²) >= 11 is 0. The average Bonchev–Trinajstić information content (AvgIpc) is 3.53. The van der Waals surface area contributed by atoms with Crippen LogP contribution in [-0.2, 0) is 18.9 Å². The molecule has 8 fully saturated rings. The van der Waals surface area contributed by atoms with Crippen LogP contribution in [0.1, 0.15) is 106 Å². The van der Waals surface area contributed by atoms with E-state index in [2.05, 4.69) is 39.5 Å². The third-order valence-corrected chi connectivity index (χ3v) is 16.1. The van der Waals surface area contributed by atoms with E-state index in [1.807, 2.05) is 13.8 Å². The van der Waals surface area contributed by atoms with Crippen LogP contribution in [0.25, 0.3) is 0 Å². The maximum absolute atomic E-state index is 12.4. The molecule has 3 aliphatic heterocycles. The Bertz CT molecular complexity index is 1140. The standard InChI is InChI=1S/C37H61NO6/c1-22-16-24(17-32(2,3)40)43-30-29(22)34(6)12-13-37-21-36(37)11-10-27(44-28-18-38(14-15-42-28)23-19-41-20-23)33(4,5)25(36)8-9-26(37)35(34,7)31(30)39/h22-31,39-40H,8-21H2,1-7H3/t22-,24-,25+,26+,27+,28+,29?,30+,31+,34-,35-,36-,37+/m1/s1. The Balaban J connectivity index is 1.02. The Morgan fingerprint density at radius 1 is 0.977 bits per heavy atom. The first kappa shape index (κ1) is 31.0. The first-order valence-electron chi connectivity index (χ1n) is 18.3. The average molecular weight is 616 g/mol. The van der Waals surface area contributed by atoms with Crippen LogP contribution in [-0.4, -0.2) is 90.4 Å². The van der Waals surface area contributed by atoms with Crippen molar-refractivity contribution in [1.82, 2.24) is 4.90 Å². The lowest BCUT2D eigenvalue weighted by Crippen LogP contribution is -2.60. The van der Waals surface area contributed by atoms with E-state index in [0.717, 1.165) is 45.8 Å². The third kappa shape index (κ3) is 4.05. The van der Waals surface area contributed by atoms with Crippen LogP contribution in [0.3, 0.4) is 0 Å². The van der Waals surface area contributed by atoms with Crippen molar-refractivity contribution in [3.63, 3.8) is 0 Å². The lowest BCUT2D eigenvalue weighted by atomic mass is 9.41. The van der Waals surface area contributed by atoms with Gasteiger partial charge in [0.2, 0.25) is 0 Å². The molecule has 0 aromatic carbocycles. The maximum atomic E-state index is 12.4. The van der Waals surface area contributed by atoms with Crippen molar-refractivity contribution in [2.75, 3.05) is 32.9 Å². The number of nitrogens with zero attached hydrogens (tertiary/aromatic N) is 1. The molecule has 7 heteroatoms. The number of ether oxygens (including phenoxy) is 4. The second-order valence-corrected chi connectivity index (χ2v) is 18.8. The fraction of sp³-hybridized carbons (Fsp3) is 1.00. The Hall–Kier alpha value is -0.280. The quantitative estimate of drug-likeness (QED) is 0.429. The lowest BCUT2D eigenvalue weighted by molar-refractivity contribution is -0.256. The second-order valence-electron chi connectivity index (χ2n) is 18.8. The molecule has 2 spiro atoms. The van der Waals surface area contributed by atoms with Gasteiger partial charge in [-0.05, 0) is 111 Å². The molecule has 44 heavy (non-hydrogen) atoms. The number of hydrogen-bond acceptors (Lipinski definition) is 7. The Labute approximate surface area is 266 Å². The topological polar surface area (TPSA) is 80.6 Å². The van der Waals surface area contributed by atoms with Crippen molar-refractivity contribution >= 4 is 0 Å². The smallest absolute Gasteiger partial charge is 0.170 e. The minimum absolute atomic E-state index is 0.0172. The monoisotopic (exact) mass is 615 g/mol. The van der Waals surface area contributed by atoms with Gasteiger partial charge in [-0.25, -0.2) is 0 Å². The zero-order valence-corrected chi connectivity index (χ0v) is 28.6. The molecule has 8 rings (SSSR count). The lowest BCUT2D eigenvalue weighted by Gasteiger charge is -2.64. The number of fused-ring (bicyclic) bond motifs is 4. The van der Waals surface area contributed by atoms with E-state index in [1.54, 1.807) is 0 Å². The molecule has 2 N–H and O–H groups in total. The molecule has 250 valence electrons. The maximum Gasteiger partial charge on any atom is 0.170 e. The van der Waals surface area contributed by atoms with Gasteiger partial charge < -0.3 is 29.2 Å². The molecule has 1 unspecified atom stereocenters. The summed E-state index contributed by atoms with van der Waals surface area (Å²) in [6.07, 6.45) is 9.83. The van der Waals surface area contributed by atoms with E-state index >= 15 is 0 Å². The largest absolute Gasteiger partial charge is 0.390 e. The van der Waals surface area contributed by atoms with Crippen LogP contribution in [0, 0.1) is 50.7 Å². The number of rotatable bonds is 5. The predicted octanol–water partition coefficient (Wildman–Crippen LogP) is 5.40. The fourth-order valence-electron chi connectivity index (χ4n) is 14.0. The van der Waals surface area contributed by atoms with Crippen molar-refractivity contribution in [2.24, 2.45) is 50.7 Å². The Morgan fingerprint density at radius 3 is 2.41 bits per heavy atom. The number of aliphatic hydroxyl groups is 2. The molecule has 5 saturated carbocycles. The minimum Gasteiger partial charge on any atom is -0.390 e. The minimum atomic E-state index is -0.756. The first-order chi connectivity index (χ1) is 20.7. The van der Waals surface area contributed by atoms with Gasteiger partial charge in [0.1, 0.15) is 0 Å². The zero-order chi connectivity index (χ0) is 31.1. The predicted molar refractivity (Wildman–Crippen MR) is 168 cm³/mol. The van der Waals surface area contributed by atoms with Crippen molar-refractivity contribution in [1.29, 1.82) is 0 Å². The summed E-state index contributed by atoms with van der Waals surface area (Å²) in [5, 5.41) is 23.0. The summed E-state index contributed by atoms with van der Waals surface area (Å²) in [7, 11) is 0. The van der Waals surface area contributed by atoms with E-state index in [1.165, 1.54) is 38.5 Å². The van der Waals surface area contributed by atoms with Crippen LogP contribution in [0.2, 0.25) is 0 Å². The fourth-order valence-corrected chi connectivity index (χ4v) is 14.0. The second kappa shape index (κ2) is 9.89. The first-order valence-corrected chi connectivity index (χ1v) is 18.3. The molecule has 0 radical (unpaired) electrons. The summed E-state index contributed by atoms with van der Waals surface area (Å²) in [5.41, 5.74) is 0.00935.